The van der Waals surface area contributed by atoms with Crippen LogP contribution < -0.4 is 20.5 Å². The van der Waals surface area contributed by atoms with Gasteiger partial charge in [-0.05, 0) is 67.9 Å². The Kier molecular flexibility index (Phi) is 6.55. The number of methoxy groups -OCH3 is 2. The van der Waals surface area contributed by atoms with Crippen molar-refractivity contribution < 1.29 is 14.3 Å². The second-order valence-electron chi connectivity index (χ2n) is 8.41. The van der Waals surface area contributed by atoms with Crippen molar-refractivity contribution in [1.82, 2.24) is 10.3 Å². The molecule has 3 aromatic rings. The van der Waals surface area contributed by atoms with Crippen LogP contribution in [0, 0.1) is 0 Å². The maximum atomic E-state index is 13.1. The van der Waals surface area contributed by atoms with Gasteiger partial charge in [-0.3, -0.25) is 4.79 Å². The third-order valence-corrected chi connectivity index (χ3v) is 7.19. The highest BCUT2D eigenvalue weighted by Crippen LogP contribution is 2.40. The minimum absolute atomic E-state index is 0.0699. The summed E-state index contributed by atoms with van der Waals surface area (Å²) in [7, 11) is 3.24. The lowest BCUT2D eigenvalue weighted by Gasteiger charge is -2.15. The number of carbonyl (C=O) groups is 1. The van der Waals surface area contributed by atoms with Gasteiger partial charge in [0, 0.05) is 17.1 Å². The van der Waals surface area contributed by atoms with E-state index in [0.717, 1.165) is 47.9 Å². The molecule has 2 aromatic heterocycles. The fourth-order valence-electron chi connectivity index (χ4n) is 4.64. The van der Waals surface area contributed by atoms with Gasteiger partial charge in [0.2, 0.25) is 0 Å². The molecule has 0 saturated carbocycles. The van der Waals surface area contributed by atoms with Crippen molar-refractivity contribution >= 4 is 33.1 Å². The van der Waals surface area contributed by atoms with Crippen LogP contribution in [0.4, 0.5) is 5.69 Å². The van der Waals surface area contributed by atoms with Gasteiger partial charge in [0.15, 0.2) is 11.5 Å². The van der Waals surface area contributed by atoms with Crippen molar-refractivity contribution in [3.8, 4) is 11.5 Å². The topological polar surface area (TPSA) is 86.5 Å². The predicted octanol–water partition coefficient (Wildman–Crippen LogP) is 4.70. The Labute approximate surface area is 193 Å². The molecule has 1 aliphatic carbocycles. The molecule has 0 radical (unpaired) electrons. The van der Waals surface area contributed by atoms with E-state index in [9.17, 15) is 4.79 Å². The zero-order valence-corrected chi connectivity index (χ0v) is 20.0. The molecule has 3 N–H and O–H groups in total. The second kappa shape index (κ2) is 9.36. The lowest BCUT2D eigenvalue weighted by Crippen LogP contribution is -2.34. The number of aromatic nitrogens is 1. The van der Waals surface area contributed by atoms with Gasteiger partial charge < -0.3 is 20.5 Å². The minimum atomic E-state index is -0.137. The van der Waals surface area contributed by atoms with Crippen LogP contribution in [0.25, 0.3) is 10.2 Å². The maximum Gasteiger partial charge on any atom is 0.263 e. The van der Waals surface area contributed by atoms with Gasteiger partial charge in [0.25, 0.3) is 5.91 Å². The summed E-state index contributed by atoms with van der Waals surface area (Å²) in [5.41, 5.74) is 12.0. The SMILES string of the molecule is CCCc1nc2sc(C(=O)NC(C)Cc3ccc(OC)c(OC)c3)c(N)c2c2c1CCC2. The number of hydrogen-bond acceptors (Lipinski definition) is 6. The fraction of sp³-hybridized carbons (Fsp3) is 0.440. The van der Waals surface area contributed by atoms with Crippen LogP contribution in [0.15, 0.2) is 18.2 Å². The molecule has 1 aliphatic rings. The first-order valence-corrected chi connectivity index (χ1v) is 12.0. The molecule has 1 amide bonds. The number of thiophene rings is 1. The van der Waals surface area contributed by atoms with Crippen LogP contribution in [0.5, 0.6) is 11.5 Å². The number of hydrogen-bond donors (Lipinski definition) is 2. The third kappa shape index (κ3) is 4.13. The molecule has 7 heteroatoms. The second-order valence-corrected chi connectivity index (χ2v) is 9.41. The number of rotatable bonds is 8. The average Bonchev–Trinajstić information content (AvgIpc) is 3.38. The number of nitrogens with one attached hydrogen (secondary N) is 1. The predicted molar refractivity (Wildman–Crippen MR) is 130 cm³/mol. The van der Waals surface area contributed by atoms with Crippen LogP contribution in [0.2, 0.25) is 0 Å². The van der Waals surface area contributed by atoms with E-state index >= 15 is 0 Å². The number of aryl methyl sites for hydroxylation is 2. The number of amides is 1. The number of nitrogens with two attached hydrogens (primary N) is 1. The van der Waals surface area contributed by atoms with E-state index in [1.54, 1.807) is 14.2 Å². The minimum Gasteiger partial charge on any atom is -0.493 e. The third-order valence-electron chi connectivity index (χ3n) is 6.09. The normalized spacial score (nSPS) is 13.8. The van der Waals surface area contributed by atoms with Crippen LogP contribution >= 0.6 is 11.3 Å². The molecule has 6 nitrogen and oxygen atoms in total. The van der Waals surface area contributed by atoms with Crippen LogP contribution in [0.1, 0.15) is 58.7 Å². The van der Waals surface area contributed by atoms with Crippen molar-refractivity contribution in [1.29, 1.82) is 0 Å². The van der Waals surface area contributed by atoms with E-state index < -0.39 is 0 Å². The standard InChI is InChI=1S/C25H31N3O3S/c1-5-7-18-16-8-6-9-17(16)21-22(26)23(32-25(21)28-18)24(29)27-14(2)12-15-10-11-19(30-3)20(13-15)31-4/h10-11,13-14H,5-9,12,26H2,1-4H3,(H,27,29). The van der Waals surface area contributed by atoms with Crippen molar-refractivity contribution in [2.45, 2.75) is 58.4 Å². The van der Waals surface area contributed by atoms with Gasteiger partial charge in [-0.1, -0.05) is 19.4 Å². The fourth-order valence-corrected chi connectivity index (χ4v) is 5.69. The number of carbonyl (C=O) groups excluding carboxylic acids is 1. The van der Waals surface area contributed by atoms with Crippen molar-refractivity contribution in [3.63, 3.8) is 0 Å². The summed E-state index contributed by atoms with van der Waals surface area (Å²) in [5.74, 6) is 1.23. The molecular formula is C25H31N3O3S. The molecule has 170 valence electrons. The summed E-state index contributed by atoms with van der Waals surface area (Å²) in [5, 5.41) is 4.11. The Bertz CT molecular complexity index is 1160. The number of ether oxygens (including phenoxy) is 2. The average molecular weight is 454 g/mol. The summed E-state index contributed by atoms with van der Waals surface area (Å²) >= 11 is 1.41. The highest BCUT2D eigenvalue weighted by molar-refractivity contribution is 7.21. The molecule has 4 rings (SSSR count). The summed E-state index contributed by atoms with van der Waals surface area (Å²) < 4.78 is 10.7. The number of nitrogen functional groups attached to an aromatic ring is 1. The molecule has 0 spiro atoms. The lowest BCUT2D eigenvalue weighted by atomic mass is 10.0. The molecule has 1 aromatic carbocycles. The van der Waals surface area contributed by atoms with E-state index in [-0.39, 0.29) is 11.9 Å². The summed E-state index contributed by atoms with van der Waals surface area (Å²) in [6.45, 7) is 4.17. The Morgan fingerprint density at radius 1 is 1.22 bits per heavy atom. The molecule has 1 unspecified atom stereocenters. The van der Waals surface area contributed by atoms with Gasteiger partial charge in [-0.25, -0.2) is 4.98 Å². The Morgan fingerprint density at radius 3 is 2.69 bits per heavy atom. The van der Waals surface area contributed by atoms with E-state index in [1.165, 1.54) is 28.2 Å². The number of anilines is 1. The molecule has 2 heterocycles. The molecule has 0 fully saturated rings. The monoisotopic (exact) mass is 453 g/mol. The van der Waals surface area contributed by atoms with Crippen LogP contribution in [0.3, 0.4) is 0 Å². The zero-order valence-electron chi connectivity index (χ0n) is 19.2. The number of pyridine rings is 1. The first kappa shape index (κ1) is 22.4. The smallest absolute Gasteiger partial charge is 0.263 e. The highest BCUT2D eigenvalue weighted by atomic mass is 32.1. The van der Waals surface area contributed by atoms with Crippen LogP contribution in [-0.4, -0.2) is 31.2 Å². The van der Waals surface area contributed by atoms with Gasteiger partial charge in [0.05, 0.1) is 19.9 Å². The van der Waals surface area contributed by atoms with Gasteiger partial charge >= 0.3 is 0 Å². The lowest BCUT2D eigenvalue weighted by molar-refractivity contribution is 0.0945. The first-order chi connectivity index (χ1) is 15.5. The molecular weight excluding hydrogens is 422 g/mol. The zero-order chi connectivity index (χ0) is 22.8. The van der Waals surface area contributed by atoms with E-state index in [4.69, 9.17) is 20.2 Å². The van der Waals surface area contributed by atoms with E-state index in [1.807, 2.05) is 25.1 Å². The largest absolute Gasteiger partial charge is 0.493 e. The molecule has 1 atom stereocenters. The molecule has 0 aliphatic heterocycles. The molecule has 32 heavy (non-hydrogen) atoms. The Hall–Kier alpha value is -2.80. The highest BCUT2D eigenvalue weighted by Gasteiger charge is 2.26. The van der Waals surface area contributed by atoms with Crippen molar-refractivity contribution in [2.75, 3.05) is 20.0 Å². The summed E-state index contributed by atoms with van der Waals surface area (Å²) in [6.07, 6.45) is 5.92. The summed E-state index contributed by atoms with van der Waals surface area (Å²) in [6, 6.07) is 5.74. The first-order valence-electron chi connectivity index (χ1n) is 11.2. The number of benzene rings is 1. The number of nitrogens with zero attached hydrogens (tertiary/aromatic N) is 1. The van der Waals surface area contributed by atoms with Gasteiger partial charge in [-0.2, -0.15) is 0 Å². The molecule has 0 bridgehead atoms. The van der Waals surface area contributed by atoms with Gasteiger partial charge in [0.1, 0.15) is 9.71 Å². The maximum absolute atomic E-state index is 13.1. The van der Waals surface area contributed by atoms with Crippen LogP contribution in [-0.2, 0) is 25.7 Å². The Morgan fingerprint density at radius 2 is 1.97 bits per heavy atom. The van der Waals surface area contributed by atoms with Gasteiger partial charge in [-0.15, -0.1) is 11.3 Å². The quantitative estimate of drug-likeness (QED) is 0.516. The summed E-state index contributed by atoms with van der Waals surface area (Å²) in [4.78, 5) is 19.5. The number of fused-ring (bicyclic) bond motifs is 3. The van der Waals surface area contributed by atoms with E-state index in [2.05, 4.69) is 12.2 Å². The van der Waals surface area contributed by atoms with Crippen molar-refractivity contribution in [3.05, 3.63) is 45.5 Å². The van der Waals surface area contributed by atoms with Crippen molar-refractivity contribution in [2.24, 2.45) is 0 Å². The Balaban J connectivity index is 1.56. The van der Waals surface area contributed by atoms with E-state index in [0.29, 0.717) is 28.5 Å². The molecule has 0 saturated heterocycles.